The van der Waals surface area contributed by atoms with Gasteiger partial charge in [0.05, 0.1) is 57.4 Å². The summed E-state index contributed by atoms with van der Waals surface area (Å²) >= 11 is 0. The molecule has 0 radical (unpaired) electrons. The van der Waals surface area contributed by atoms with Gasteiger partial charge in [0.2, 0.25) is 19.3 Å². The number of hydrogen-bond acceptors (Lipinski definition) is 14. The minimum Gasteiger partial charge on any atom is -0.492 e. The maximum Gasteiger partial charge on any atom is 0.314 e. The third-order valence-electron chi connectivity index (χ3n) is 12.1. The summed E-state index contributed by atoms with van der Waals surface area (Å²) < 4.78 is 52.7. The molecule has 54 heavy (non-hydrogen) atoms. The quantitative estimate of drug-likeness (QED) is 0.245. The third kappa shape index (κ3) is 4.95. The van der Waals surface area contributed by atoms with E-state index in [1.54, 1.807) is 24.3 Å². The van der Waals surface area contributed by atoms with Gasteiger partial charge < -0.3 is 52.8 Å². The van der Waals surface area contributed by atoms with Gasteiger partial charge in [0.15, 0.2) is 34.5 Å². The number of esters is 3. The van der Waals surface area contributed by atoms with E-state index in [1.165, 1.54) is 14.2 Å². The van der Waals surface area contributed by atoms with E-state index in [-0.39, 0.29) is 44.0 Å². The Morgan fingerprint density at radius 3 is 1.43 bits per heavy atom. The first kappa shape index (κ1) is 34.6. The Labute approximate surface area is 310 Å². The van der Waals surface area contributed by atoms with Crippen LogP contribution < -0.4 is 33.2 Å². The smallest absolute Gasteiger partial charge is 0.314 e. The molecular formula is C40H40O14. The van der Waals surface area contributed by atoms with Crippen molar-refractivity contribution in [1.29, 1.82) is 0 Å². The summed E-state index contributed by atoms with van der Waals surface area (Å²) in [4.78, 5) is 41.4. The number of aliphatic hydroxyl groups is 2. The van der Waals surface area contributed by atoms with Gasteiger partial charge in [0, 0.05) is 34.8 Å². The second-order valence-electron chi connectivity index (χ2n) is 14.5. The second kappa shape index (κ2) is 13.0. The number of benzene rings is 3. The SMILES string of the molecule is CCC(CC)C(=O)Oc1c(OC)c([C@H]2c3cc4c(cc3[C@@H](O)[C@H]3COC(=O)[C@H]23)OCO4)cc([C@H]2c3cc4c(cc3[C@@H](O)[C@H]3COC(=O)[C@H]23)OCO4)c1OC. The van der Waals surface area contributed by atoms with Crippen LogP contribution in [-0.4, -0.2) is 69.1 Å². The van der Waals surface area contributed by atoms with Crippen LogP contribution in [0.2, 0.25) is 0 Å². The van der Waals surface area contributed by atoms with E-state index in [0.29, 0.717) is 69.2 Å². The Kier molecular flexibility index (Phi) is 8.30. The van der Waals surface area contributed by atoms with Crippen LogP contribution in [0.15, 0.2) is 30.3 Å². The van der Waals surface area contributed by atoms with Gasteiger partial charge in [-0.3, -0.25) is 14.4 Å². The highest BCUT2D eigenvalue weighted by Gasteiger charge is 2.56. The zero-order valence-electron chi connectivity index (χ0n) is 30.1. The van der Waals surface area contributed by atoms with E-state index in [2.05, 4.69) is 0 Å². The topological polar surface area (TPSA) is 175 Å². The maximum absolute atomic E-state index is 13.9. The average Bonchev–Trinajstić information content (AvgIpc) is 3.99. The van der Waals surface area contributed by atoms with Crippen LogP contribution in [0.25, 0.3) is 0 Å². The molecule has 3 aromatic rings. The molecule has 14 nitrogen and oxygen atoms in total. The van der Waals surface area contributed by atoms with E-state index >= 15 is 0 Å². The highest BCUT2D eigenvalue weighted by atomic mass is 16.7. The number of hydrogen-bond donors (Lipinski definition) is 2. The van der Waals surface area contributed by atoms with Crippen molar-refractivity contribution in [2.45, 2.75) is 50.7 Å². The number of methoxy groups -OCH3 is 2. The molecule has 0 spiro atoms. The fourth-order valence-corrected chi connectivity index (χ4v) is 9.46. The Bertz CT molecular complexity index is 1940. The number of ether oxygens (including phenoxy) is 9. The van der Waals surface area contributed by atoms with E-state index in [1.807, 2.05) is 19.9 Å². The lowest BCUT2D eigenvalue weighted by Gasteiger charge is -2.39. The molecule has 0 bridgehead atoms. The Morgan fingerprint density at radius 2 is 1.04 bits per heavy atom. The first-order chi connectivity index (χ1) is 26.2. The van der Waals surface area contributed by atoms with Gasteiger partial charge in [0.25, 0.3) is 0 Å². The zero-order valence-corrected chi connectivity index (χ0v) is 30.1. The minimum atomic E-state index is -1.07. The van der Waals surface area contributed by atoms with Crippen molar-refractivity contribution in [2.24, 2.45) is 29.6 Å². The van der Waals surface area contributed by atoms with Gasteiger partial charge in [0.1, 0.15) is 0 Å². The molecule has 4 aliphatic heterocycles. The molecule has 9 rings (SSSR count). The summed E-state index contributed by atoms with van der Waals surface area (Å²) in [6, 6.07) is 8.76. The van der Waals surface area contributed by atoms with Crippen molar-refractivity contribution in [3.63, 3.8) is 0 Å². The van der Waals surface area contributed by atoms with Crippen molar-refractivity contribution < 1.29 is 67.2 Å². The van der Waals surface area contributed by atoms with Crippen molar-refractivity contribution >= 4 is 17.9 Å². The van der Waals surface area contributed by atoms with Crippen molar-refractivity contribution in [2.75, 3.05) is 41.0 Å². The zero-order chi connectivity index (χ0) is 37.6. The Hall–Kier alpha value is -5.21. The largest absolute Gasteiger partial charge is 0.492 e. The van der Waals surface area contributed by atoms with E-state index < -0.39 is 71.5 Å². The highest BCUT2D eigenvalue weighted by Crippen LogP contribution is 2.61. The van der Waals surface area contributed by atoms with Crippen LogP contribution in [0.4, 0.5) is 0 Å². The first-order valence-corrected chi connectivity index (χ1v) is 18.3. The lowest BCUT2D eigenvalue weighted by Crippen LogP contribution is -2.36. The predicted molar refractivity (Wildman–Crippen MR) is 184 cm³/mol. The van der Waals surface area contributed by atoms with E-state index in [9.17, 15) is 24.6 Å². The summed E-state index contributed by atoms with van der Waals surface area (Å²) in [5, 5.41) is 23.4. The van der Waals surface area contributed by atoms with Crippen LogP contribution in [0, 0.1) is 29.6 Å². The van der Waals surface area contributed by atoms with Crippen molar-refractivity contribution in [3.05, 3.63) is 63.7 Å². The number of carbonyl (C=O) groups excluding carboxylic acids is 3. The fourth-order valence-electron chi connectivity index (χ4n) is 9.46. The minimum absolute atomic E-state index is 0.00985. The van der Waals surface area contributed by atoms with Gasteiger partial charge in [-0.25, -0.2) is 0 Å². The average molecular weight is 745 g/mol. The number of rotatable bonds is 8. The van der Waals surface area contributed by atoms with Crippen LogP contribution in [0.5, 0.6) is 40.2 Å². The number of aliphatic hydroxyl groups excluding tert-OH is 2. The standard InChI is InChI=1S/C40H40O14/c1-5-16(6-2)38(43)54-37-35(46-3)21(29-17-8-25-27(52-14-50-25)10-19(17)33(41)23-12-48-39(44)31(23)29)7-22(36(37)47-4)30-18-9-26-28(53-15-51-26)11-20(18)34(42)24-13-49-40(45)32(24)30/h7-11,16,23-24,29-34,41-42H,5-6,12-15H2,1-4H3/t23-,24-,29+,30+,31-,32-,33+,34+/m0/s1. The summed E-state index contributed by atoms with van der Waals surface area (Å²) in [5.74, 6) is -4.66. The molecule has 8 atom stereocenters. The molecule has 3 aromatic carbocycles. The molecule has 2 saturated heterocycles. The van der Waals surface area contributed by atoms with Gasteiger partial charge in [-0.1, -0.05) is 13.8 Å². The molecule has 6 aliphatic rings. The van der Waals surface area contributed by atoms with Gasteiger partial charge in [-0.2, -0.15) is 0 Å². The van der Waals surface area contributed by atoms with Crippen LogP contribution in [0.3, 0.4) is 0 Å². The van der Waals surface area contributed by atoms with Gasteiger partial charge >= 0.3 is 17.9 Å². The molecule has 0 amide bonds. The summed E-state index contributed by atoms with van der Waals surface area (Å²) in [6.45, 7) is 3.73. The molecule has 14 heteroatoms. The van der Waals surface area contributed by atoms with Crippen LogP contribution >= 0.6 is 0 Å². The highest BCUT2D eigenvalue weighted by molar-refractivity contribution is 5.83. The Morgan fingerprint density at radius 1 is 0.630 bits per heavy atom. The molecule has 284 valence electrons. The second-order valence-corrected chi connectivity index (χ2v) is 14.5. The molecule has 0 aromatic heterocycles. The van der Waals surface area contributed by atoms with Gasteiger partial charge in [-0.15, -0.1) is 0 Å². The maximum atomic E-state index is 13.9. The predicted octanol–water partition coefficient (Wildman–Crippen LogP) is 4.44. The van der Waals surface area contributed by atoms with Gasteiger partial charge in [-0.05, 0) is 65.4 Å². The molecule has 4 heterocycles. The molecule has 2 aliphatic carbocycles. The molecule has 2 N–H and O–H groups in total. The van der Waals surface area contributed by atoms with Crippen LogP contribution in [-0.2, 0) is 23.9 Å². The lowest BCUT2D eigenvalue weighted by atomic mass is 9.63. The first-order valence-electron chi connectivity index (χ1n) is 18.3. The number of carbonyl (C=O) groups is 3. The van der Waals surface area contributed by atoms with Crippen LogP contribution in [0.1, 0.15) is 84.1 Å². The molecule has 2 fully saturated rings. The fraction of sp³-hybridized carbons (Fsp3) is 0.475. The Balaban J connectivity index is 1.35. The van der Waals surface area contributed by atoms with E-state index in [4.69, 9.17) is 42.6 Å². The number of fused-ring (bicyclic) bond motifs is 6. The molecule has 0 unspecified atom stereocenters. The van der Waals surface area contributed by atoms with Crippen molar-refractivity contribution in [3.8, 4) is 40.2 Å². The molecular weight excluding hydrogens is 704 g/mol. The monoisotopic (exact) mass is 744 g/mol. The third-order valence-corrected chi connectivity index (χ3v) is 12.1. The van der Waals surface area contributed by atoms with E-state index in [0.717, 1.165) is 0 Å². The lowest BCUT2D eigenvalue weighted by molar-refractivity contribution is -0.142. The number of cyclic esters (lactones) is 2. The normalized spacial score (nSPS) is 28.1. The molecule has 0 saturated carbocycles. The van der Waals surface area contributed by atoms with Crippen molar-refractivity contribution in [1.82, 2.24) is 0 Å². The summed E-state index contributed by atoms with van der Waals surface area (Å²) in [5.41, 5.74) is 3.05. The summed E-state index contributed by atoms with van der Waals surface area (Å²) in [6.07, 6.45) is -1.11. The summed E-state index contributed by atoms with van der Waals surface area (Å²) in [7, 11) is 2.87.